The van der Waals surface area contributed by atoms with Crippen molar-refractivity contribution in [1.29, 1.82) is 0 Å². The highest BCUT2D eigenvalue weighted by Crippen LogP contribution is 2.61. The maximum atomic E-state index is 12.4. The highest BCUT2D eigenvalue weighted by atomic mass is 16.5. The van der Waals surface area contributed by atoms with Gasteiger partial charge in [-0.1, -0.05) is 25.0 Å². The van der Waals surface area contributed by atoms with Gasteiger partial charge in [-0.2, -0.15) is 0 Å². The molecule has 4 aliphatic rings. The number of allylic oxidation sites excluding steroid dienone is 3. The van der Waals surface area contributed by atoms with Crippen LogP contribution in [0.3, 0.4) is 0 Å². The molecule has 2 fully saturated rings. The van der Waals surface area contributed by atoms with Crippen LogP contribution in [-0.4, -0.2) is 12.9 Å². The van der Waals surface area contributed by atoms with Gasteiger partial charge in [0.05, 0.1) is 12.9 Å². The van der Waals surface area contributed by atoms with E-state index in [1.807, 2.05) is 0 Å². The van der Waals surface area contributed by atoms with Crippen LogP contribution in [0.5, 0.6) is 0 Å². The van der Waals surface area contributed by atoms with Crippen LogP contribution in [0.1, 0.15) is 58.8 Å². The summed E-state index contributed by atoms with van der Waals surface area (Å²) in [6.45, 7) is 4.70. The zero-order chi connectivity index (χ0) is 15.5. The topological polar surface area (TPSA) is 26.3 Å². The molecular weight excluding hydrogens is 272 g/mol. The summed E-state index contributed by atoms with van der Waals surface area (Å²) in [6, 6.07) is 0. The van der Waals surface area contributed by atoms with Crippen LogP contribution in [-0.2, 0) is 9.53 Å². The van der Waals surface area contributed by atoms with Gasteiger partial charge >= 0.3 is 0 Å². The fourth-order valence-electron chi connectivity index (χ4n) is 6.23. The zero-order valence-electron chi connectivity index (χ0n) is 14.2. The Morgan fingerprint density at radius 2 is 2.14 bits per heavy atom. The van der Waals surface area contributed by atoms with Crippen LogP contribution in [0.4, 0.5) is 0 Å². The first-order chi connectivity index (χ1) is 10.5. The highest BCUT2D eigenvalue weighted by molar-refractivity contribution is 5.87. The standard InChI is InChI=1S/C20H28O2/c1-12-10-13-11-14(22-3)4-5-15(13)16-8-9-20(2)17(19(12)16)6-7-18(20)21/h4,12,16-17,19H,5-11H2,1-3H3/t12-,16-,17+,19-,20+/m1/s1. The number of fused-ring (bicyclic) bond motifs is 4. The molecule has 0 spiro atoms. The van der Waals surface area contributed by atoms with E-state index in [4.69, 9.17) is 4.74 Å². The minimum absolute atomic E-state index is 0.00428. The van der Waals surface area contributed by atoms with Crippen LogP contribution in [0.25, 0.3) is 0 Å². The van der Waals surface area contributed by atoms with Crippen molar-refractivity contribution >= 4 is 5.78 Å². The van der Waals surface area contributed by atoms with E-state index in [0.717, 1.165) is 55.6 Å². The average molecular weight is 300 g/mol. The molecule has 2 nitrogen and oxygen atoms in total. The minimum atomic E-state index is -0.00428. The monoisotopic (exact) mass is 300 g/mol. The van der Waals surface area contributed by atoms with Crippen LogP contribution < -0.4 is 0 Å². The van der Waals surface area contributed by atoms with Crippen LogP contribution in [0.2, 0.25) is 0 Å². The number of hydrogen-bond donors (Lipinski definition) is 0. The fourth-order valence-corrected chi connectivity index (χ4v) is 6.23. The molecule has 22 heavy (non-hydrogen) atoms. The third kappa shape index (κ3) is 1.88. The Labute approximate surface area is 134 Å². The van der Waals surface area contributed by atoms with Gasteiger partial charge in [-0.15, -0.1) is 0 Å². The minimum Gasteiger partial charge on any atom is -0.501 e. The normalized spacial score (nSPS) is 44.1. The van der Waals surface area contributed by atoms with Crippen molar-refractivity contribution in [3.8, 4) is 0 Å². The number of carbonyl (C=O) groups is 1. The molecule has 120 valence electrons. The Morgan fingerprint density at radius 1 is 1.32 bits per heavy atom. The van der Waals surface area contributed by atoms with Crippen molar-refractivity contribution in [1.82, 2.24) is 0 Å². The molecule has 0 aromatic carbocycles. The summed E-state index contributed by atoms with van der Waals surface area (Å²) >= 11 is 0. The Hall–Kier alpha value is -1.05. The SMILES string of the molecule is COC1=CCC2=C(C1)C[C@@H](C)[C@@H]1[C@@H]2CC[C@]2(C)C(=O)CC[C@@H]12. The van der Waals surface area contributed by atoms with Gasteiger partial charge in [-0.05, 0) is 61.9 Å². The Bertz CT molecular complexity index is 570. The van der Waals surface area contributed by atoms with Crippen molar-refractivity contribution in [3.05, 3.63) is 23.0 Å². The summed E-state index contributed by atoms with van der Waals surface area (Å²) in [4.78, 5) is 12.4. The second-order valence-electron chi connectivity index (χ2n) is 8.27. The van der Waals surface area contributed by atoms with Gasteiger partial charge in [-0.25, -0.2) is 0 Å². The molecule has 0 aromatic heterocycles. The predicted molar refractivity (Wildman–Crippen MR) is 87.2 cm³/mol. The number of Topliss-reactive ketones (excluding diaryl/α,β-unsaturated/α-hetero) is 1. The van der Waals surface area contributed by atoms with Gasteiger partial charge in [0.25, 0.3) is 0 Å². The molecule has 0 bridgehead atoms. The quantitative estimate of drug-likeness (QED) is 0.658. The Balaban J connectivity index is 1.67. The molecule has 0 heterocycles. The first-order valence-corrected chi connectivity index (χ1v) is 9.01. The molecule has 0 radical (unpaired) electrons. The zero-order valence-corrected chi connectivity index (χ0v) is 14.2. The first-order valence-electron chi connectivity index (χ1n) is 9.01. The second kappa shape index (κ2) is 4.97. The van der Waals surface area contributed by atoms with Crippen molar-refractivity contribution in [2.24, 2.45) is 29.1 Å². The summed E-state index contributed by atoms with van der Waals surface area (Å²) in [5, 5.41) is 0. The fraction of sp³-hybridized carbons (Fsp3) is 0.750. The number of hydrogen-bond acceptors (Lipinski definition) is 2. The second-order valence-corrected chi connectivity index (χ2v) is 8.27. The number of methoxy groups -OCH3 is 1. The lowest BCUT2D eigenvalue weighted by Crippen LogP contribution is -2.46. The van der Waals surface area contributed by atoms with E-state index < -0.39 is 0 Å². The van der Waals surface area contributed by atoms with E-state index in [9.17, 15) is 4.79 Å². The van der Waals surface area contributed by atoms with Crippen molar-refractivity contribution in [2.45, 2.75) is 58.8 Å². The molecule has 2 heteroatoms. The van der Waals surface area contributed by atoms with Gasteiger partial charge < -0.3 is 4.74 Å². The molecule has 4 rings (SSSR count). The van der Waals surface area contributed by atoms with Crippen molar-refractivity contribution in [3.63, 3.8) is 0 Å². The molecule has 4 aliphatic carbocycles. The molecule has 0 aromatic rings. The molecule has 0 saturated heterocycles. The summed E-state index contributed by atoms with van der Waals surface area (Å²) in [5.41, 5.74) is 3.36. The Morgan fingerprint density at radius 3 is 2.91 bits per heavy atom. The van der Waals surface area contributed by atoms with Gasteiger partial charge in [0.2, 0.25) is 0 Å². The number of ether oxygens (including phenoxy) is 1. The summed E-state index contributed by atoms with van der Waals surface area (Å²) in [7, 11) is 1.79. The lowest BCUT2D eigenvalue weighted by atomic mass is 9.52. The van der Waals surface area contributed by atoms with Gasteiger partial charge in [-0.3, -0.25) is 4.79 Å². The average Bonchev–Trinajstić information content (AvgIpc) is 2.82. The third-order valence-electron chi connectivity index (χ3n) is 7.37. The largest absolute Gasteiger partial charge is 0.501 e. The lowest BCUT2D eigenvalue weighted by Gasteiger charge is -2.52. The number of ketones is 1. The van der Waals surface area contributed by atoms with E-state index in [-0.39, 0.29) is 5.41 Å². The first kappa shape index (κ1) is 14.5. The molecule has 0 unspecified atom stereocenters. The van der Waals surface area contributed by atoms with Crippen molar-refractivity contribution in [2.75, 3.05) is 7.11 Å². The van der Waals surface area contributed by atoms with E-state index in [0.29, 0.717) is 11.7 Å². The molecule has 0 aliphatic heterocycles. The maximum absolute atomic E-state index is 12.4. The Kier molecular flexibility index (Phi) is 3.29. The van der Waals surface area contributed by atoms with Crippen LogP contribution >= 0.6 is 0 Å². The molecule has 0 amide bonds. The summed E-state index contributed by atoms with van der Waals surface area (Å²) in [6.07, 6.45) is 9.94. The van der Waals surface area contributed by atoms with Gasteiger partial charge in [0, 0.05) is 18.3 Å². The van der Waals surface area contributed by atoms with E-state index in [1.165, 1.54) is 12.8 Å². The summed E-state index contributed by atoms with van der Waals surface area (Å²) in [5.74, 6) is 4.53. The molecule has 0 N–H and O–H groups in total. The van der Waals surface area contributed by atoms with Gasteiger partial charge in [0.15, 0.2) is 0 Å². The van der Waals surface area contributed by atoms with Crippen LogP contribution in [0.15, 0.2) is 23.0 Å². The molecular formula is C20H28O2. The molecule has 5 atom stereocenters. The maximum Gasteiger partial charge on any atom is 0.139 e. The molecule has 2 saturated carbocycles. The van der Waals surface area contributed by atoms with Crippen molar-refractivity contribution < 1.29 is 9.53 Å². The summed E-state index contributed by atoms with van der Waals surface area (Å²) < 4.78 is 5.49. The smallest absolute Gasteiger partial charge is 0.139 e. The third-order valence-corrected chi connectivity index (χ3v) is 7.37. The van der Waals surface area contributed by atoms with Crippen LogP contribution in [0, 0.1) is 29.1 Å². The van der Waals surface area contributed by atoms with E-state index >= 15 is 0 Å². The van der Waals surface area contributed by atoms with E-state index in [2.05, 4.69) is 19.9 Å². The van der Waals surface area contributed by atoms with E-state index in [1.54, 1.807) is 18.3 Å². The highest BCUT2D eigenvalue weighted by Gasteiger charge is 2.56. The predicted octanol–water partition coefficient (Wildman–Crippen LogP) is 4.66. The van der Waals surface area contributed by atoms with Gasteiger partial charge in [0.1, 0.15) is 5.78 Å². The lowest BCUT2D eigenvalue weighted by molar-refractivity contribution is -0.130. The number of rotatable bonds is 1. The number of carbonyl (C=O) groups excluding carboxylic acids is 1.